The molecule has 1 aromatic rings. The maximum atomic E-state index is 13.0. The van der Waals surface area contributed by atoms with E-state index in [1.54, 1.807) is 13.0 Å². The van der Waals surface area contributed by atoms with Gasteiger partial charge in [0.1, 0.15) is 11.2 Å². The number of rotatable bonds is 3. The molecule has 0 bridgehead atoms. The zero-order chi connectivity index (χ0) is 19.9. The number of pyridine rings is 1. The first-order valence-electron chi connectivity index (χ1n) is 8.85. The summed E-state index contributed by atoms with van der Waals surface area (Å²) in [6.45, 7) is 7.57. The Bertz CT molecular complexity index is 861. The number of carbonyl (C=O) groups excluding carboxylic acids is 3. The first-order chi connectivity index (χ1) is 12.7. The number of carbonyl (C=O) groups is 3. The molecule has 0 aromatic carbocycles. The molecule has 0 radical (unpaired) electrons. The molecule has 27 heavy (non-hydrogen) atoms. The Kier molecular flexibility index (Phi) is 4.86. The fourth-order valence-electron chi connectivity index (χ4n) is 3.19. The van der Waals surface area contributed by atoms with Crippen LogP contribution in [0.4, 0.5) is 0 Å². The highest BCUT2D eigenvalue weighted by Gasteiger charge is 2.49. The standard InChI is InChI=1S/C19H23N3O5/c1-10(2)19(4)18(25)22(11(3)23)16(21-19)15-13(17(24)26-5)8-12-9-27-7-6-14(12)20-15/h8,10H,6-7,9H2,1-5H3. The third kappa shape index (κ3) is 3.03. The van der Waals surface area contributed by atoms with E-state index >= 15 is 0 Å². The Balaban J connectivity index is 2.25. The topological polar surface area (TPSA) is 98.2 Å². The molecule has 144 valence electrons. The second kappa shape index (κ2) is 6.84. The zero-order valence-electron chi connectivity index (χ0n) is 16.2. The van der Waals surface area contributed by atoms with Crippen LogP contribution in [0.2, 0.25) is 0 Å². The van der Waals surface area contributed by atoms with Crippen molar-refractivity contribution >= 4 is 23.6 Å². The van der Waals surface area contributed by atoms with E-state index in [1.165, 1.54) is 14.0 Å². The second-order valence-electron chi connectivity index (χ2n) is 7.18. The van der Waals surface area contributed by atoms with Crippen LogP contribution < -0.4 is 0 Å². The molecule has 0 N–H and O–H groups in total. The van der Waals surface area contributed by atoms with Gasteiger partial charge in [0.25, 0.3) is 5.91 Å². The monoisotopic (exact) mass is 373 g/mol. The number of ether oxygens (including phenoxy) is 2. The highest BCUT2D eigenvalue weighted by molar-refractivity contribution is 6.25. The van der Waals surface area contributed by atoms with Gasteiger partial charge in [-0.3, -0.25) is 9.59 Å². The van der Waals surface area contributed by atoms with Crippen LogP contribution in [0.3, 0.4) is 0 Å². The zero-order valence-corrected chi connectivity index (χ0v) is 16.2. The van der Waals surface area contributed by atoms with Gasteiger partial charge in [0.15, 0.2) is 5.84 Å². The van der Waals surface area contributed by atoms with Crippen molar-refractivity contribution < 1.29 is 23.9 Å². The number of aliphatic imine (C=N–C) groups is 1. The van der Waals surface area contributed by atoms with Gasteiger partial charge in [-0.15, -0.1) is 0 Å². The van der Waals surface area contributed by atoms with E-state index in [2.05, 4.69) is 9.98 Å². The molecule has 0 fully saturated rings. The Labute approximate surface area is 157 Å². The minimum absolute atomic E-state index is 0.0957. The number of hydrogen-bond acceptors (Lipinski definition) is 7. The maximum absolute atomic E-state index is 13.0. The Morgan fingerprint density at radius 2 is 2.07 bits per heavy atom. The minimum Gasteiger partial charge on any atom is -0.465 e. The van der Waals surface area contributed by atoms with Crippen LogP contribution in [-0.2, 0) is 32.1 Å². The van der Waals surface area contributed by atoms with Crippen molar-refractivity contribution in [3.05, 3.63) is 28.6 Å². The maximum Gasteiger partial charge on any atom is 0.340 e. The lowest BCUT2D eigenvalue weighted by Gasteiger charge is -2.24. The molecular formula is C19H23N3O5. The molecule has 8 nitrogen and oxygen atoms in total. The molecule has 3 rings (SSSR count). The summed E-state index contributed by atoms with van der Waals surface area (Å²) in [6.07, 6.45) is 0.576. The second-order valence-corrected chi connectivity index (χ2v) is 7.18. The van der Waals surface area contributed by atoms with Gasteiger partial charge < -0.3 is 9.47 Å². The van der Waals surface area contributed by atoms with E-state index in [9.17, 15) is 14.4 Å². The molecule has 8 heteroatoms. The van der Waals surface area contributed by atoms with Crippen LogP contribution >= 0.6 is 0 Å². The number of nitrogens with zero attached hydrogens (tertiary/aromatic N) is 3. The van der Waals surface area contributed by atoms with Gasteiger partial charge in [-0.2, -0.15) is 0 Å². The molecule has 2 amide bonds. The van der Waals surface area contributed by atoms with Crippen molar-refractivity contribution in [3.63, 3.8) is 0 Å². The van der Waals surface area contributed by atoms with E-state index in [-0.39, 0.29) is 23.0 Å². The van der Waals surface area contributed by atoms with Crippen molar-refractivity contribution in [3.8, 4) is 0 Å². The normalized spacial score (nSPS) is 21.9. The molecule has 0 saturated heterocycles. The number of aromatic nitrogens is 1. The molecular weight excluding hydrogens is 350 g/mol. The molecule has 1 atom stereocenters. The van der Waals surface area contributed by atoms with E-state index in [4.69, 9.17) is 9.47 Å². The summed E-state index contributed by atoms with van der Waals surface area (Å²) in [6, 6.07) is 1.65. The smallest absolute Gasteiger partial charge is 0.340 e. The molecule has 0 spiro atoms. The number of imide groups is 1. The van der Waals surface area contributed by atoms with Crippen LogP contribution in [0.15, 0.2) is 11.1 Å². The van der Waals surface area contributed by atoms with E-state index in [0.717, 1.165) is 16.2 Å². The summed E-state index contributed by atoms with van der Waals surface area (Å²) < 4.78 is 10.3. The summed E-state index contributed by atoms with van der Waals surface area (Å²) >= 11 is 0. The van der Waals surface area contributed by atoms with E-state index in [0.29, 0.717) is 19.6 Å². The fraction of sp³-hybridized carbons (Fsp3) is 0.526. The quantitative estimate of drug-likeness (QED) is 0.745. The third-order valence-electron chi connectivity index (χ3n) is 5.17. The molecule has 3 heterocycles. The van der Waals surface area contributed by atoms with Crippen molar-refractivity contribution in [2.45, 2.75) is 46.3 Å². The van der Waals surface area contributed by atoms with Gasteiger partial charge in [-0.25, -0.2) is 19.7 Å². The Hall–Kier alpha value is -2.61. The van der Waals surface area contributed by atoms with E-state index < -0.39 is 23.3 Å². The number of amides is 2. The van der Waals surface area contributed by atoms with Crippen LogP contribution in [0.1, 0.15) is 55.0 Å². The average Bonchev–Trinajstić information content (AvgIpc) is 2.92. The van der Waals surface area contributed by atoms with Gasteiger partial charge in [0.05, 0.1) is 25.9 Å². The lowest BCUT2D eigenvalue weighted by molar-refractivity contribution is -0.140. The summed E-state index contributed by atoms with van der Waals surface area (Å²) in [5.74, 6) is -1.54. The molecule has 2 aliphatic heterocycles. The van der Waals surface area contributed by atoms with Crippen LogP contribution in [0.25, 0.3) is 0 Å². The van der Waals surface area contributed by atoms with Gasteiger partial charge in [-0.1, -0.05) is 13.8 Å². The SMILES string of the molecule is COC(=O)c1cc2c(nc1C1=NC(C)(C(C)C)C(=O)N1C(C)=O)CCOC2. The number of amidine groups is 1. The fourth-order valence-corrected chi connectivity index (χ4v) is 3.19. The first-order valence-corrected chi connectivity index (χ1v) is 8.85. The molecule has 0 aliphatic carbocycles. The molecule has 1 aromatic heterocycles. The van der Waals surface area contributed by atoms with Crippen molar-refractivity contribution in [1.82, 2.24) is 9.88 Å². The molecule has 0 saturated carbocycles. The minimum atomic E-state index is -1.10. The lowest BCUT2D eigenvalue weighted by atomic mass is 9.89. The Morgan fingerprint density at radius 1 is 1.37 bits per heavy atom. The molecule has 1 unspecified atom stereocenters. The van der Waals surface area contributed by atoms with Crippen molar-refractivity contribution in [1.29, 1.82) is 0 Å². The summed E-state index contributed by atoms with van der Waals surface area (Å²) in [7, 11) is 1.27. The van der Waals surface area contributed by atoms with Gasteiger partial charge in [0.2, 0.25) is 5.91 Å². The van der Waals surface area contributed by atoms with Crippen molar-refractivity contribution in [2.75, 3.05) is 13.7 Å². The van der Waals surface area contributed by atoms with Crippen LogP contribution in [0.5, 0.6) is 0 Å². The summed E-state index contributed by atoms with van der Waals surface area (Å²) in [5, 5.41) is 0. The predicted molar refractivity (Wildman–Crippen MR) is 96.2 cm³/mol. The highest BCUT2D eigenvalue weighted by atomic mass is 16.5. The van der Waals surface area contributed by atoms with E-state index in [1.807, 2.05) is 13.8 Å². The first kappa shape index (κ1) is 19.2. The highest BCUT2D eigenvalue weighted by Crippen LogP contribution is 2.33. The van der Waals surface area contributed by atoms with Gasteiger partial charge in [0, 0.05) is 24.6 Å². The van der Waals surface area contributed by atoms with Crippen LogP contribution in [0, 0.1) is 5.92 Å². The number of fused-ring (bicyclic) bond motifs is 1. The van der Waals surface area contributed by atoms with Gasteiger partial charge in [-0.05, 0) is 18.9 Å². The van der Waals surface area contributed by atoms with Crippen molar-refractivity contribution in [2.24, 2.45) is 10.9 Å². The third-order valence-corrected chi connectivity index (χ3v) is 5.17. The number of hydrogen-bond donors (Lipinski definition) is 0. The number of methoxy groups -OCH3 is 1. The van der Waals surface area contributed by atoms with Crippen LogP contribution in [-0.4, -0.2) is 52.8 Å². The van der Waals surface area contributed by atoms with Gasteiger partial charge >= 0.3 is 5.97 Å². The molecule has 2 aliphatic rings. The predicted octanol–water partition coefficient (Wildman–Crippen LogP) is 1.49. The number of esters is 1. The summed E-state index contributed by atoms with van der Waals surface area (Å²) in [4.78, 5) is 47.8. The largest absolute Gasteiger partial charge is 0.465 e. The average molecular weight is 373 g/mol. The summed E-state index contributed by atoms with van der Waals surface area (Å²) in [5.41, 5.74) is 0.801. The lowest BCUT2D eigenvalue weighted by Crippen LogP contribution is -2.46. The Morgan fingerprint density at radius 3 is 2.67 bits per heavy atom.